The van der Waals surface area contributed by atoms with Crippen LogP contribution in [0.25, 0.3) is 11.1 Å². The van der Waals surface area contributed by atoms with E-state index < -0.39 is 5.41 Å². The quantitative estimate of drug-likeness (QED) is 0.269. The van der Waals surface area contributed by atoms with Gasteiger partial charge in [0.25, 0.3) is 0 Å². The molecular weight excluding hydrogens is 444 g/mol. The molecule has 0 amide bonds. The van der Waals surface area contributed by atoms with E-state index in [2.05, 4.69) is 63.2 Å². The molecule has 36 heavy (non-hydrogen) atoms. The van der Waals surface area contributed by atoms with Crippen molar-refractivity contribution in [1.82, 2.24) is 0 Å². The average molecular weight is 479 g/mol. The molecule has 0 saturated carbocycles. The summed E-state index contributed by atoms with van der Waals surface area (Å²) in [6, 6.07) is 28.5. The van der Waals surface area contributed by atoms with Crippen LogP contribution in [0.5, 0.6) is 11.5 Å². The zero-order chi connectivity index (χ0) is 25.4. The Balaban J connectivity index is 1.85. The van der Waals surface area contributed by atoms with Gasteiger partial charge in [-0.15, -0.1) is 0 Å². The summed E-state index contributed by atoms with van der Waals surface area (Å²) in [5.41, 5.74) is 8.12. The maximum Gasteiger partial charge on any atom is 0.126 e. The van der Waals surface area contributed by atoms with Gasteiger partial charge >= 0.3 is 0 Å². The van der Waals surface area contributed by atoms with Gasteiger partial charge in [-0.25, -0.2) is 0 Å². The lowest BCUT2D eigenvalue weighted by Crippen LogP contribution is -2.35. The van der Waals surface area contributed by atoms with Gasteiger partial charge in [-0.2, -0.15) is 0 Å². The normalized spacial score (nSPS) is 17.4. The molecule has 5 rings (SSSR count). The third-order valence-electron chi connectivity index (χ3n) is 8.13. The zero-order valence-corrected chi connectivity index (χ0v) is 21.5. The van der Waals surface area contributed by atoms with Crippen LogP contribution in [0.1, 0.15) is 52.6 Å². The fraction of sp³-hybridized carbons (Fsp3) is 0.273. The van der Waals surface area contributed by atoms with Crippen molar-refractivity contribution >= 4 is 0 Å². The van der Waals surface area contributed by atoms with Crippen molar-refractivity contribution in [1.29, 1.82) is 0 Å². The smallest absolute Gasteiger partial charge is 0.126 e. The summed E-state index contributed by atoms with van der Waals surface area (Å²) in [5, 5.41) is 21.5. The number of phenolic OH excluding ortho intramolecular Hbond substituents is 2. The summed E-state index contributed by atoms with van der Waals surface area (Å²) in [4.78, 5) is 0. The Bertz CT molecular complexity index is 1360. The number of benzene rings is 4. The Morgan fingerprint density at radius 2 is 1.39 bits per heavy atom. The molecule has 0 aliphatic carbocycles. The van der Waals surface area contributed by atoms with E-state index >= 15 is 0 Å². The van der Waals surface area contributed by atoms with Crippen LogP contribution in [-0.2, 0) is 10.2 Å². The number of hydrogen-bond acceptors (Lipinski definition) is 3. The molecule has 0 radical (unpaired) electrons. The largest absolute Gasteiger partial charge is 0.508 e. The molecule has 1 saturated heterocycles. The van der Waals surface area contributed by atoms with Gasteiger partial charge < -0.3 is 14.9 Å². The molecule has 3 atom stereocenters. The van der Waals surface area contributed by atoms with Crippen molar-refractivity contribution in [2.75, 3.05) is 6.61 Å². The van der Waals surface area contributed by atoms with E-state index in [1.807, 2.05) is 37.3 Å². The predicted molar refractivity (Wildman–Crippen MR) is 146 cm³/mol. The number of phenols is 2. The Labute approximate surface area is 214 Å². The van der Waals surface area contributed by atoms with Gasteiger partial charge in [0, 0.05) is 11.0 Å². The molecule has 1 aliphatic rings. The van der Waals surface area contributed by atoms with Crippen LogP contribution >= 0.6 is 0 Å². The maximum atomic E-state index is 11.4. The van der Waals surface area contributed by atoms with Crippen LogP contribution in [-0.4, -0.2) is 22.9 Å². The summed E-state index contributed by atoms with van der Waals surface area (Å²) in [7, 11) is 0. The van der Waals surface area contributed by atoms with E-state index in [9.17, 15) is 10.2 Å². The molecule has 3 nitrogen and oxygen atoms in total. The topological polar surface area (TPSA) is 53.0 Å². The molecule has 1 fully saturated rings. The van der Waals surface area contributed by atoms with E-state index in [0.717, 1.165) is 46.4 Å². The van der Waals surface area contributed by atoms with Crippen LogP contribution < -0.4 is 0 Å². The van der Waals surface area contributed by atoms with Crippen LogP contribution in [0.3, 0.4) is 0 Å². The van der Waals surface area contributed by atoms with Crippen LogP contribution in [0.4, 0.5) is 0 Å². The summed E-state index contributed by atoms with van der Waals surface area (Å²) in [5.74, 6) is 0.721. The molecule has 4 aromatic rings. The van der Waals surface area contributed by atoms with Crippen molar-refractivity contribution in [2.24, 2.45) is 0 Å². The van der Waals surface area contributed by atoms with Crippen molar-refractivity contribution in [2.45, 2.75) is 51.6 Å². The van der Waals surface area contributed by atoms with Gasteiger partial charge in [-0.1, -0.05) is 79.7 Å². The number of epoxide rings is 1. The number of aromatic hydroxyl groups is 2. The van der Waals surface area contributed by atoms with Crippen molar-refractivity contribution in [3.63, 3.8) is 0 Å². The first-order valence-electron chi connectivity index (χ1n) is 12.7. The molecule has 2 N–H and O–H groups in total. The van der Waals surface area contributed by atoms with Crippen molar-refractivity contribution in [3.8, 4) is 22.6 Å². The van der Waals surface area contributed by atoms with E-state index in [1.165, 1.54) is 11.1 Å². The molecule has 184 valence electrons. The summed E-state index contributed by atoms with van der Waals surface area (Å²) < 4.78 is 5.76. The lowest BCUT2D eigenvalue weighted by molar-refractivity contribution is 0.337. The molecule has 0 aromatic heterocycles. The van der Waals surface area contributed by atoms with E-state index in [4.69, 9.17) is 4.74 Å². The second-order valence-electron chi connectivity index (χ2n) is 10.2. The molecule has 3 heteroatoms. The third-order valence-corrected chi connectivity index (χ3v) is 8.13. The summed E-state index contributed by atoms with van der Waals surface area (Å²) in [6.07, 6.45) is 1.12. The highest BCUT2D eigenvalue weighted by Crippen LogP contribution is 2.53. The Hall–Kier alpha value is -3.56. The second kappa shape index (κ2) is 9.48. The van der Waals surface area contributed by atoms with E-state index in [-0.39, 0.29) is 17.8 Å². The fourth-order valence-electron chi connectivity index (χ4n) is 6.06. The molecule has 1 aliphatic heterocycles. The standard InChI is InChI=1S/C33H34O3/c1-21-22(2)32(35)30(25-13-9-6-10-14-25)23(3)31(21)33(4,26-15-17-27(34)18-16-26)29(19-28-20-36-28)24-11-7-5-8-12-24/h5-18,28-29,34-35H,19-20H2,1-4H3. The Morgan fingerprint density at radius 1 is 0.806 bits per heavy atom. The summed E-state index contributed by atoms with van der Waals surface area (Å²) in [6.45, 7) is 9.38. The monoisotopic (exact) mass is 478 g/mol. The third kappa shape index (κ3) is 4.18. The minimum absolute atomic E-state index is 0.126. The highest BCUT2D eigenvalue weighted by molar-refractivity contribution is 5.79. The van der Waals surface area contributed by atoms with Crippen LogP contribution in [0.2, 0.25) is 0 Å². The number of hydrogen-bond donors (Lipinski definition) is 2. The molecular formula is C33H34O3. The van der Waals surface area contributed by atoms with Crippen molar-refractivity contribution in [3.05, 3.63) is 118 Å². The maximum absolute atomic E-state index is 11.4. The zero-order valence-electron chi connectivity index (χ0n) is 21.5. The van der Waals surface area contributed by atoms with Gasteiger partial charge in [-0.3, -0.25) is 0 Å². The van der Waals surface area contributed by atoms with Gasteiger partial charge in [0.2, 0.25) is 0 Å². The molecule has 0 spiro atoms. The summed E-state index contributed by atoms with van der Waals surface area (Å²) >= 11 is 0. The van der Waals surface area contributed by atoms with Gasteiger partial charge in [0.05, 0.1) is 12.7 Å². The lowest BCUT2D eigenvalue weighted by Gasteiger charge is -2.42. The molecule has 1 heterocycles. The van der Waals surface area contributed by atoms with Gasteiger partial charge in [0.15, 0.2) is 0 Å². The first kappa shape index (κ1) is 24.1. The van der Waals surface area contributed by atoms with Crippen LogP contribution in [0.15, 0.2) is 84.9 Å². The SMILES string of the molecule is Cc1c(C)c(C(C)(c2ccc(O)cc2)C(CC2CO2)c2ccccc2)c(C)c(-c2ccccc2)c1O. The molecule has 0 bridgehead atoms. The average Bonchev–Trinajstić information content (AvgIpc) is 3.72. The van der Waals surface area contributed by atoms with E-state index in [0.29, 0.717) is 5.75 Å². The Kier molecular flexibility index (Phi) is 6.36. The predicted octanol–water partition coefficient (Wildman–Crippen LogP) is 7.57. The van der Waals surface area contributed by atoms with Gasteiger partial charge in [-0.05, 0) is 84.2 Å². The first-order chi connectivity index (χ1) is 17.3. The van der Waals surface area contributed by atoms with Crippen LogP contribution in [0, 0.1) is 20.8 Å². The highest BCUT2D eigenvalue weighted by atomic mass is 16.6. The minimum atomic E-state index is -0.447. The lowest BCUT2D eigenvalue weighted by atomic mass is 9.60. The first-order valence-corrected chi connectivity index (χ1v) is 12.7. The fourth-order valence-corrected chi connectivity index (χ4v) is 6.06. The molecule has 3 unspecified atom stereocenters. The Morgan fingerprint density at radius 3 is 1.97 bits per heavy atom. The number of ether oxygens (including phenoxy) is 1. The van der Waals surface area contributed by atoms with Crippen molar-refractivity contribution < 1.29 is 14.9 Å². The minimum Gasteiger partial charge on any atom is -0.508 e. The number of rotatable bonds is 7. The second-order valence-corrected chi connectivity index (χ2v) is 10.2. The highest BCUT2D eigenvalue weighted by Gasteiger charge is 2.44. The molecule has 4 aromatic carbocycles. The van der Waals surface area contributed by atoms with E-state index in [1.54, 1.807) is 12.1 Å². The van der Waals surface area contributed by atoms with Gasteiger partial charge in [0.1, 0.15) is 11.5 Å².